The van der Waals surface area contributed by atoms with Gasteiger partial charge < -0.3 is 10.6 Å². The van der Waals surface area contributed by atoms with Gasteiger partial charge >= 0.3 is 0 Å². The van der Waals surface area contributed by atoms with Crippen LogP contribution in [0.1, 0.15) is 27.7 Å². The number of hydrogen-bond donors (Lipinski definition) is 1. The Balaban J connectivity index is 2.88. The lowest BCUT2D eigenvalue weighted by Gasteiger charge is -2.29. The molecule has 0 fully saturated rings. The first kappa shape index (κ1) is 11.8. The standard InChI is InChI=1S/C11H20N4/c1-8(2)6-15(9(3)4)11-5-10(12)13-7-14-11/h5,7-9H,6H2,1-4H3,(H2,12,13,14). The molecule has 2 N–H and O–H groups in total. The Hall–Kier alpha value is -1.32. The highest BCUT2D eigenvalue weighted by Crippen LogP contribution is 2.16. The number of nitrogens with two attached hydrogens (primary N) is 1. The van der Waals surface area contributed by atoms with Crippen molar-refractivity contribution in [1.29, 1.82) is 0 Å². The SMILES string of the molecule is CC(C)CN(c1cc(N)ncn1)C(C)C. The van der Waals surface area contributed by atoms with Gasteiger partial charge in [0.2, 0.25) is 0 Å². The zero-order valence-corrected chi connectivity index (χ0v) is 9.94. The van der Waals surface area contributed by atoms with Gasteiger partial charge in [-0.25, -0.2) is 9.97 Å². The highest BCUT2D eigenvalue weighted by Gasteiger charge is 2.13. The Labute approximate surface area is 91.5 Å². The van der Waals surface area contributed by atoms with Crippen LogP contribution < -0.4 is 10.6 Å². The predicted octanol–water partition coefficient (Wildman–Crippen LogP) is 1.93. The van der Waals surface area contributed by atoms with Crippen molar-refractivity contribution in [2.75, 3.05) is 17.2 Å². The number of anilines is 2. The molecular weight excluding hydrogens is 188 g/mol. The summed E-state index contributed by atoms with van der Waals surface area (Å²) in [6.07, 6.45) is 1.51. The fourth-order valence-corrected chi connectivity index (χ4v) is 1.48. The third kappa shape index (κ3) is 3.38. The van der Waals surface area contributed by atoms with Crippen molar-refractivity contribution in [3.63, 3.8) is 0 Å². The summed E-state index contributed by atoms with van der Waals surface area (Å²) in [5.41, 5.74) is 5.65. The van der Waals surface area contributed by atoms with Crippen molar-refractivity contribution in [3.8, 4) is 0 Å². The van der Waals surface area contributed by atoms with Crippen LogP contribution in [0.3, 0.4) is 0 Å². The second kappa shape index (κ2) is 4.96. The molecule has 1 aromatic heterocycles. The van der Waals surface area contributed by atoms with Crippen molar-refractivity contribution in [1.82, 2.24) is 9.97 Å². The van der Waals surface area contributed by atoms with E-state index >= 15 is 0 Å². The van der Waals surface area contributed by atoms with Gasteiger partial charge in [-0.2, -0.15) is 0 Å². The highest BCUT2D eigenvalue weighted by molar-refractivity contribution is 5.46. The molecule has 4 nitrogen and oxygen atoms in total. The van der Waals surface area contributed by atoms with Gasteiger partial charge in [-0.05, 0) is 19.8 Å². The molecule has 0 atom stereocenters. The molecular formula is C11H20N4. The molecule has 1 aromatic rings. The summed E-state index contributed by atoms with van der Waals surface area (Å²) in [5.74, 6) is 2.03. The Bertz CT molecular complexity index is 309. The molecule has 0 aliphatic rings. The van der Waals surface area contributed by atoms with Crippen LogP contribution in [0.2, 0.25) is 0 Å². The van der Waals surface area contributed by atoms with E-state index < -0.39 is 0 Å². The minimum Gasteiger partial charge on any atom is -0.384 e. The molecule has 15 heavy (non-hydrogen) atoms. The van der Waals surface area contributed by atoms with Crippen LogP contribution in [0, 0.1) is 5.92 Å². The molecule has 84 valence electrons. The number of rotatable bonds is 4. The lowest BCUT2D eigenvalue weighted by molar-refractivity contribution is 0.566. The van der Waals surface area contributed by atoms with E-state index in [1.165, 1.54) is 6.33 Å². The molecule has 4 heteroatoms. The quantitative estimate of drug-likeness (QED) is 0.821. The fraction of sp³-hybridized carbons (Fsp3) is 0.636. The van der Waals surface area contributed by atoms with E-state index in [2.05, 4.69) is 42.6 Å². The van der Waals surface area contributed by atoms with Gasteiger partial charge in [0.15, 0.2) is 0 Å². The van der Waals surface area contributed by atoms with E-state index in [1.807, 2.05) is 6.07 Å². The summed E-state index contributed by atoms with van der Waals surface area (Å²) in [7, 11) is 0. The molecule has 0 amide bonds. The number of nitrogens with zero attached hydrogens (tertiary/aromatic N) is 3. The minimum atomic E-state index is 0.418. The summed E-state index contributed by atoms with van der Waals surface area (Å²) in [6, 6.07) is 2.24. The Morgan fingerprint density at radius 1 is 1.27 bits per heavy atom. The van der Waals surface area contributed by atoms with Gasteiger partial charge in [-0.3, -0.25) is 0 Å². The van der Waals surface area contributed by atoms with Crippen molar-refractivity contribution in [3.05, 3.63) is 12.4 Å². The predicted molar refractivity (Wildman–Crippen MR) is 63.8 cm³/mol. The maximum Gasteiger partial charge on any atom is 0.134 e. The average Bonchev–Trinajstić information content (AvgIpc) is 2.13. The number of nitrogen functional groups attached to an aromatic ring is 1. The molecule has 0 unspecified atom stereocenters. The number of hydrogen-bond acceptors (Lipinski definition) is 4. The van der Waals surface area contributed by atoms with Crippen LogP contribution in [0.25, 0.3) is 0 Å². The summed E-state index contributed by atoms with van der Waals surface area (Å²) in [4.78, 5) is 10.4. The van der Waals surface area contributed by atoms with E-state index in [-0.39, 0.29) is 0 Å². The van der Waals surface area contributed by atoms with Crippen LogP contribution in [-0.4, -0.2) is 22.6 Å². The van der Waals surface area contributed by atoms with Crippen molar-refractivity contribution < 1.29 is 0 Å². The fourth-order valence-electron chi connectivity index (χ4n) is 1.48. The maximum atomic E-state index is 5.65. The van der Waals surface area contributed by atoms with Crippen molar-refractivity contribution >= 4 is 11.6 Å². The lowest BCUT2D eigenvalue weighted by Crippen LogP contribution is -2.34. The molecule has 0 saturated heterocycles. The summed E-state index contributed by atoms with van der Waals surface area (Å²) < 4.78 is 0. The summed E-state index contributed by atoms with van der Waals surface area (Å²) in [5, 5.41) is 0. The number of aromatic nitrogens is 2. The van der Waals surface area contributed by atoms with E-state index in [4.69, 9.17) is 5.73 Å². The zero-order chi connectivity index (χ0) is 11.4. The minimum absolute atomic E-state index is 0.418. The molecule has 1 heterocycles. The molecule has 0 spiro atoms. The van der Waals surface area contributed by atoms with Gasteiger partial charge in [0.25, 0.3) is 0 Å². The smallest absolute Gasteiger partial charge is 0.134 e. The molecule has 0 saturated carbocycles. The largest absolute Gasteiger partial charge is 0.384 e. The summed E-state index contributed by atoms with van der Waals surface area (Å²) >= 11 is 0. The van der Waals surface area contributed by atoms with E-state index in [1.54, 1.807) is 0 Å². The van der Waals surface area contributed by atoms with Crippen LogP contribution >= 0.6 is 0 Å². The first-order valence-electron chi connectivity index (χ1n) is 5.35. The maximum absolute atomic E-state index is 5.65. The van der Waals surface area contributed by atoms with Crippen LogP contribution in [0.15, 0.2) is 12.4 Å². The summed E-state index contributed by atoms with van der Waals surface area (Å²) in [6.45, 7) is 9.68. The molecule has 0 aliphatic carbocycles. The normalized spacial score (nSPS) is 11.1. The molecule has 0 radical (unpaired) electrons. The Morgan fingerprint density at radius 3 is 2.40 bits per heavy atom. The zero-order valence-electron chi connectivity index (χ0n) is 9.94. The van der Waals surface area contributed by atoms with E-state index in [0.29, 0.717) is 17.8 Å². The Kier molecular flexibility index (Phi) is 3.88. The van der Waals surface area contributed by atoms with Gasteiger partial charge in [0.1, 0.15) is 18.0 Å². The molecule has 1 rings (SSSR count). The van der Waals surface area contributed by atoms with Crippen LogP contribution in [0.5, 0.6) is 0 Å². The highest BCUT2D eigenvalue weighted by atomic mass is 15.2. The average molecular weight is 208 g/mol. The van der Waals surface area contributed by atoms with Gasteiger partial charge in [-0.1, -0.05) is 13.8 Å². The van der Waals surface area contributed by atoms with Crippen LogP contribution in [-0.2, 0) is 0 Å². The van der Waals surface area contributed by atoms with Crippen molar-refractivity contribution in [2.45, 2.75) is 33.7 Å². The topological polar surface area (TPSA) is 55.0 Å². The monoisotopic (exact) mass is 208 g/mol. The first-order chi connectivity index (χ1) is 7.00. The second-order valence-corrected chi connectivity index (χ2v) is 4.44. The van der Waals surface area contributed by atoms with E-state index in [0.717, 1.165) is 12.4 Å². The second-order valence-electron chi connectivity index (χ2n) is 4.44. The lowest BCUT2D eigenvalue weighted by atomic mass is 10.2. The third-order valence-electron chi connectivity index (χ3n) is 2.15. The van der Waals surface area contributed by atoms with Gasteiger partial charge in [0, 0.05) is 18.7 Å². The molecule has 0 aliphatic heterocycles. The molecule has 0 bridgehead atoms. The van der Waals surface area contributed by atoms with Gasteiger partial charge in [0.05, 0.1) is 0 Å². The van der Waals surface area contributed by atoms with Crippen LogP contribution in [0.4, 0.5) is 11.6 Å². The molecule has 0 aromatic carbocycles. The van der Waals surface area contributed by atoms with E-state index in [9.17, 15) is 0 Å². The third-order valence-corrected chi connectivity index (χ3v) is 2.15. The van der Waals surface area contributed by atoms with Gasteiger partial charge in [-0.15, -0.1) is 0 Å². The Morgan fingerprint density at radius 2 is 1.93 bits per heavy atom. The first-order valence-corrected chi connectivity index (χ1v) is 5.35. The van der Waals surface area contributed by atoms with Crippen molar-refractivity contribution in [2.24, 2.45) is 5.92 Å².